The van der Waals surface area contributed by atoms with Gasteiger partial charge in [-0.3, -0.25) is 0 Å². The van der Waals surface area contributed by atoms with Crippen LogP contribution in [0.3, 0.4) is 0 Å². The van der Waals surface area contributed by atoms with Crippen LogP contribution in [0.25, 0.3) is 0 Å². The Morgan fingerprint density at radius 1 is 1.33 bits per heavy atom. The van der Waals surface area contributed by atoms with Crippen LogP contribution in [0.5, 0.6) is 0 Å². The van der Waals surface area contributed by atoms with E-state index in [1.807, 2.05) is 24.3 Å². The van der Waals surface area contributed by atoms with E-state index in [0.29, 0.717) is 5.69 Å². The first-order valence-corrected chi connectivity index (χ1v) is 4.03. The molecule has 0 saturated carbocycles. The van der Waals surface area contributed by atoms with Crippen molar-refractivity contribution in [2.45, 2.75) is 19.8 Å². The molecule has 12 heavy (non-hydrogen) atoms. The zero-order valence-corrected chi connectivity index (χ0v) is 7.08. The molecule has 0 fully saturated rings. The van der Waals surface area contributed by atoms with Crippen LogP contribution in [0.15, 0.2) is 29.3 Å². The van der Waals surface area contributed by atoms with E-state index < -0.39 is 0 Å². The molecule has 1 aromatic carbocycles. The molecule has 0 heterocycles. The molecule has 0 bridgehead atoms. The van der Waals surface area contributed by atoms with Crippen molar-refractivity contribution in [2.75, 3.05) is 0 Å². The molecule has 0 aromatic heterocycles. The average molecular weight is 161 g/mol. The summed E-state index contributed by atoms with van der Waals surface area (Å²) in [6.07, 6.45) is 3.72. The Kier molecular flexibility index (Phi) is 3.24. The molecule has 0 atom stereocenters. The minimum absolute atomic E-state index is 0.671. The maximum atomic E-state index is 9.89. The van der Waals surface area contributed by atoms with Gasteiger partial charge < -0.3 is 0 Å². The molecule has 1 rings (SSSR count). The Bertz CT molecular complexity index is 283. The third-order valence-corrected chi connectivity index (χ3v) is 1.65. The van der Waals surface area contributed by atoms with Crippen LogP contribution >= 0.6 is 0 Å². The second kappa shape index (κ2) is 4.47. The Labute approximate surface area is 71.9 Å². The Balaban J connectivity index is 2.77. The summed E-state index contributed by atoms with van der Waals surface area (Å²) in [6.45, 7) is 2.14. The van der Waals surface area contributed by atoms with E-state index in [4.69, 9.17) is 0 Å². The zero-order valence-electron chi connectivity index (χ0n) is 7.08. The molecule has 0 aliphatic carbocycles. The van der Waals surface area contributed by atoms with Crippen molar-refractivity contribution in [3.8, 4) is 0 Å². The van der Waals surface area contributed by atoms with Crippen LogP contribution in [0.1, 0.15) is 18.9 Å². The maximum absolute atomic E-state index is 9.89. The summed E-state index contributed by atoms with van der Waals surface area (Å²) in [6, 6.07) is 7.63. The number of aliphatic imine (C=N–C) groups is 1. The molecule has 0 saturated heterocycles. The highest BCUT2D eigenvalue weighted by Crippen LogP contribution is 2.12. The van der Waals surface area contributed by atoms with Crippen LogP contribution in [-0.4, -0.2) is 6.08 Å². The van der Waals surface area contributed by atoms with E-state index in [0.717, 1.165) is 12.8 Å². The maximum Gasteiger partial charge on any atom is 0.240 e. The predicted molar refractivity (Wildman–Crippen MR) is 48.2 cm³/mol. The normalized spacial score (nSPS) is 9.08. The summed E-state index contributed by atoms with van der Waals surface area (Å²) >= 11 is 0. The number of hydrogen-bond acceptors (Lipinski definition) is 2. The Hall–Kier alpha value is -1.40. The first-order chi connectivity index (χ1) is 5.86. The van der Waals surface area contributed by atoms with Crippen LogP contribution in [0.4, 0.5) is 5.69 Å². The number of carbonyl (C=O) groups excluding carboxylic acids is 1. The molecule has 0 unspecified atom stereocenters. The fraction of sp³-hybridized carbons (Fsp3) is 0.300. The second-order valence-electron chi connectivity index (χ2n) is 2.62. The highest BCUT2D eigenvalue weighted by atomic mass is 16.1. The van der Waals surface area contributed by atoms with Crippen molar-refractivity contribution in [3.05, 3.63) is 29.8 Å². The summed E-state index contributed by atoms with van der Waals surface area (Å²) in [4.78, 5) is 13.4. The van der Waals surface area contributed by atoms with E-state index in [1.54, 1.807) is 0 Å². The molecule has 0 aliphatic rings. The molecule has 0 amide bonds. The fourth-order valence-electron chi connectivity index (χ4n) is 1.08. The van der Waals surface area contributed by atoms with Gasteiger partial charge in [-0.1, -0.05) is 25.5 Å². The topological polar surface area (TPSA) is 29.4 Å². The molecular weight excluding hydrogens is 150 g/mol. The van der Waals surface area contributed by atoms with Gasteiger partial charge in [0.05, 0.1) is 5.69 Å². The lowest BCUT2D eigenvalue weighted by Gasteiger charge is -1.96. The van der Waals surface area contributed by atoms with Crippen molar-refractivity contribution in [2.24, 2.45) is 4.99 Å². The van der Waals surface area contributed by atoms with Gasteiger partial charge in [0, 0.05) is 0 Å². The van der Waals surface area contributed by atoms with Gasteiger partial charge in [0.15, 0.2) is 0 Å². The highest BCUT2D eigenvalue weighted by Gasteiger charge is 1.90. The largest absolute Gasteiger partial charge is 0.240 e. The summed E-state index contributed by atoms with van der Waals surface area (Å²) in [5.74, 6) is 0. The smallest absolute Gasteiger partial charge is 0.211 e. The van der Waals surface area contributed by atoms with Gasteiger partial charge in [-0.2, -0.15) is 4.99 Å². The number of hydrogen-bond donors (Lipinski definition) is 0. The molecule has 2 heteroatoms. The lowest BCUT2D eigenvalue weighted by molar-refractivity contribution is 0.565. The van der Waals surface area contributed by atoms with E-state index in [2.05, 4.69) is 11.9 Å². The van der Waals surface area contributed by atoms with E-state index in [9.17, 15) is 4.79 Å². The number of benzene rings is 1. The predicted octanol–water partition coefficient (Wildman–Crippen LogP) is 2.61. The van der Waals surface area contributed by atoms with E-state index in [-0.39, 0.29) is 0 Å². The molecular formula is C10H11NO. The van der Waals surface area contributed by atoms with Gasteiger partial charge in [0.2, 0.25) is 6.08 Å². The van der Waals surface area contributed by atoms with Gasteiger partial charge in [-0.05, 0) is 24.1 Å². The van der Waals surface area contributed by atoms with Crippen molar-refractivity contribution >= 4 is 11.8 Å². The van der Waals surface area contributed by atoms with Crippen molar-refractivity contribution in [1.82, 2.24) is 0 Å². The highest BCUT2D eigenvalue weighted by molar-refractivity contribution is 5.49. The monoisotopic (exact) mass is 161 g/mol. The Morgan fingerprint density at radius 3 is 2.50 bits per heavy atom. The van der Waals surface area contributed by atoms with E-state index in [1.165, 1.54) is 11.6 Å². The first-order valence-electron chi connectivity index (χ1n) is 4.03. The van der Waals surface area contributed by atoms with Crippen LogP contribution in [0, 0.1) is 0 Å². The van der Waals surface area contributed by atoms with Crippen molar-refractivity contribution in [3.63, 3.8) is 0 Å². The van der Waals surface area contributed by atoms with Gasteiger partial charge in [0.1, 0.15) is 0 Å². The van der Waals surface area contributed by atoms with Gasteiger partial charge in [-0.25, -0.2) is 4.79 Å². The number of nitrogens with zero attached hydrogens (tertiary/aromatic N) is 1. The molecule has 0 aliphatic heterocycles. The minimum atomic E-state index is 0.671. The molecule has 0 N–H and O–H groups in total. The van der Waals surface area contributed by atoms with Crippen LogP contribution < -0.4 is 0 Å². The molecule has 0 radical (unpaired) electrons. The van der Waals surface area contributed by atoms with Gasteiger partial charge in [-0.15, -0.1) is 0 Å². The SMILES string of the molecule is CCCc1ccc(N=C=O)cc1. The summed E-state index contributed by atoms with van der Waals surface area (Å²) in [5, 5.41) is 0. The number of aryl methyl sites for hydroxylation is 1. The summed E-state index contributed by atoms with van der Waals surface area (Å²) in [5.41, 5.74) is 1.95. The Morgan fingerprint density at radius 2 is 2.00 bits per heavy atom. The summed E-state index contributed by atoms with van der Waals surface area (Å²) in [7, 11) is 0. The molecule has 1 aromatic rings. The average Bonchev–Trinajstić information content (AvgIpc) is 2.09. The zero-order chi connectivity index (χ0) is 8.81. The lowest BCUT2D eigenvalue weighted by Crippen LogP contribution is -1.80. The quantitative estimate of drug-likeness (QED) is 0.495. The lowest BCUT2D eigenvalue weighted by atomic mass is 10.1. The van der Waals surface area contributed by atoms with Gasteiger partial charge in [0.25, 0.3) is 0 Å². The molecule has 0 spiro atoms. The third kappa shape index (κ3) is 2.33. The first kappa shape index (κ1) is 8.69. The fourth-order valence-corrected chi connectivity index (χ4v) is 1.08. The number of isocyanates is 1. The van der Waals surface area contributed by atoms with Gasteiger partial charge >= 0.3 is 0 Å². The van der Waals surface area contributed by atoms with Crippen molar-refractivity contribution < 1.29 is 4.79 Å². The number of rotatable bonds is 3. The van der Waals surface area contributed by atoms with Crippen LogP contribution in [0.2, 0.25) is 0 Å². The molecule has 2 nitrogen and oxygen atoms in total. The second-order valence-corrected chi connectivity index (χ2v) is 2.62. The summed E-state index contributed by atoms with van der Waals surface area (Å²) < 4.78 is 0. The standard InChI is InChI=1S/C10H11NO/c1-2-3-9-4-6-10(7-5-9)11-8-12/h4-7H,2-3H2,1H3. The van der Waals surface area contributed by atoms with Crippen LogP contribution in [-0.2, 0) is 11.2 Å². The molecule has 62 valence electrons. The minimum Gasteiger partial charge on any atom is -0.211 e. The van der Waals surface area contributed by atoms with Crippen molar-refractivity contribution in [1.29, 1.82) is 0 Å². The third-order valence-electron chi connectivity index (χ3n) is 1.65. The van der Waals surface area contributed by atoms with E-state index >= 15 is 0 Å².